The Bertz CT molecular complexity index is 1260. The Hall–Kier alpha value is -3.36. The molecule has 0 saturated carbocycles. The highest BCUT2D eigenvalue weighted by atomic mass is 32.1. The number of amides is 1. The first-order chi connectivity index (χ1) is 16.2. The average Bonchev–Trinajstić information content (AvgIpc) is 3.45. The van der Waals surface area contributed by atoms with Crippen LogP contribution in [0.2, 0.25) is 0 Å². The van der Waals surface area contributed by atoms with E-state index in [0.29, 0.717) is 6.61 Å². The summed E-state index contributed by atoms with van der Waals surface area (Å²) in [5, 5.41) is 9.17. The highest BCUT2D eigenvalue weighted by Gasteiger charge is 2.39. The smallest absolute Gasteiger partial charge is 0.410 e. The molecule has 4 nitrogen and oxygen atoms in total. The van der Waals surface area contributed by atoms with Crippen LogP contribution in [0.25, 0.3) is 16.7 Å². The Labute approximate surface area is 197 Å². The van der Waals surface area contributed by atoms with Crippen LogP contribution in [-0.4, -0.2) is 29.7 Å². The maximum absolute atomic E-state index is 13.3. The molecule has 3 aliphatic rings. The molecule has 0 spiro atoms. The second-order valence-electron chi connectivity index (χ2n) is 9.04. The van der Waals surface area contributed by atoms with Crippen molar-refractivity contribution in [3.05, 3.63) is 87.6 Å². The largest absolute Gasteiger partial charge is 0.448 e. The van der Waals surface area contributed by atoms with Gasteiger partial charge in [0.15, 0.2) is 0 Å². The molecular formula is C28H24N2O2S. The number of ether oxygens (including phenoxy) is 1. The van der Waals surface area contributed by atoms with Gasteiger partial charge in [0.2, 0.25) is 0 Å². The number of rotatable bonds is 3. The number of nitriles is 1. The maximum Gasteiger partial charge on any atom is 0.410 e. The van der Waals surface area contributed by atoms with Gasteiger partial charge >= 0.3 is 6.09 Å². The van der Waals surface area contributed by atoms with E-state index in [0.717, 1.165) is 35.4 Å². The van der Waals surface area contributed by atoms with Gasteiger partial charge < -0.3 is 4.74 Å². The zero-order chi connectivity index (χ0) is 22.4. The number of fused-ring (bicyclic) bond motifs is 5. The highest BCUT2D eigenvalue weighted by Crippen LogP contribution is 2.45. The lowest BCUT2D eigenvalue weighted by atomic mass is 9.85. The zero-order valence-corrected chi connectivity index (χ0v) is 19.1. The van der Waals surface area contributed by atoms with Crippen molar-refractivity contribution in [1.29, 1.82) is 5.26 Å². The molecular weight excluding hydrogens is 428 g/mol. The van der Waals surface area contributed by atoms with Gasteiger partial charge in [0.25, 0.3) is 0 Å². The molecule has 1 amide bonds. The van der Waals surface area contributed by atoms with Gasteiger partial charge in [-0.2, -0.15) is 5.26 Å². The van der Waals surface area contributed by atoms with Gasteiger partial charge in [0.05, 0.1) is 6.04 Å². The third kappa shape index (κ3) is 3.46. The van der Waals surface area contributed by atoms with Crippen LogP contribution in [0.1, 0.15) is 52.5 Å². The van der Waals surface area contributed by atoms with Gasteiger partial charge in [-0.15, -0.1) is 11.3 Å². The van der Waals surface area contributed by atoms with Crippen molar-refractivity contribution >= 4 is 23.0 Å². The highest BCUT2D eigenvalue weighted by molar-refractivity contribution is 7.13. The molecule has 2 aromatic carbocycles. The summed E-state index contributed by atoms with van der Waals surface area (Å²) in [6, 6.07) is 23.2. The minimum absolute atomic E-state index is 0.0655. The van der Waals surface area contributed by atoms with E-state index in [2.05, 4.69) is 60.7 Å². The Morgan fingerprint density at radius 3 is 2.42 bits per heavy atom. The molecule has 1 saturated heterocycles. The second-order valence-corrected chi connectivity index (χ2v) is 10.1. The summed E-state index contributed by atoms with van der Waals surface area (Å²) in [6.07, 6.45) is 5.93. The van der Waals surface area contributed by atoms with Gasteiger partial charge in [0, 0.05) is 16.8 Å². The standard InChI is InChI=1S/C28H24N2O2S/c29-16-21-12-13-27(33-21)18-14-19-6-5-7-20(15-18)30(19)28(31)32-17-26-24-10-3-1-8-22(24)23-9-2-4-11-25(23)26/h1-4,8-14,19-20,26H,5-7,15,17H2. The van der Waals surface area contributed by atoms with E-state index in [1.165, 1.54) is 39.2 Å². The van der Waals surface area contributed by atoms with Gasteiger partial charge in [-0.05, 0) is 65.6 Å². The Morgan fingerprint density at radius 1 is 1.03 bits per heavy atom. The molecule has 0 N–H and O–H groups in total. The van der Waals surface area contributed by atoms with Crippen molar-refractivity contribution in [1.82, 2.24) is 4.90 Å². The van der Waals surface area contributed by atoms with E-state index in [1.807, 2.05) is 17.0 Å². The molecule has 164 valence electrons. The number of nitrogens with zero attached hydrogens (tertiary/aromatic N) is 2. The van der Waals surface area contributed by atoms with Crippen molar-refractivity contribution < 1.29 is 9.53 Å². The number of hydrogen-bond acceptors (Lipinski definition) is 4. The third-order valence-corrected chi connectivity index (χ3v) is 8.28. The molecule has 2 unspecified atom stereocenters. The maximum atomic E-state index is 13.3. The number of carbonyl (C=O) groups excluding carboxylic acids is 1. The average molecular weight is 453 g/mol. The molecule has 2 aliphatic heterocycles. The number of thiophene rings is 1. The van der Waals surface area contributed by atoms with Crippen LogP contribution in [0.5, 0.6) is 0 Å². The van der Waals surface area contributed by atoms with Gasteiger partial charge in [-0.3, -0.25) is 4.90 Å². The normalized spacial score (nSPS) is 21.1. The lowest BCUT2D eigenvalue weighted by Crippen LogP contribution is -2.51. The van der Waals surface area contributed by atoms with Crippen LogP contribution < -0.4 is 0 Å². The van der Waals surface area contributed by atoms with E-state index >= 15 is 0 Å². The summed E-state index contributed by atoms with van der Waals surface area (Å²) < 4.78 is 6.00. The predicted molar refractivity (Wildman–Crippen MR) is 130 cm³/mol. The molecule has 2 bridgehead atoms. The zero-order valence-electron chi connectivity index (χ0n) is 18.2. The monoisotopic (exact) mass is 452 g/mol. The Morgan fingerprint density at radius 2 is 1.76 bits per heavy atom. The van der Waals surface area contributed by atoms with Crippen LogP contribution in [0, 0.1) is 11.3 Å². The van der Waals surface area contributed by atoms with E-state index < -0.39 is 0 Å². The molecule has 3 aromatic rings. The molecule has 3 heterocycles. The van der Waals surface area contributed by atoms with E-state index in [-0.39, 0.29) is 24.1 Å². The van der Waals surface area contributed by atoms with Crippen molar-refractivity contribution in [2.45, 2.75) is 43.7 Å². The number of piperidine rings is 1. The van der Waals surface area contributed by atoms with E-state index in [1.54, 1.807) is 0 Å². The first-order valence-electron chi connectivity index (χ1n) is 11.6. The molecule has 1 fully saturated rings. The Kier molecular flexibility index (Phi) is 5.04. The van der Waals surface area contributed by atoms with Gasteiger partial charge in [-0.1, -0.05) is 54.6 Å². The Balaban J connectivity index is 1.22. The van der Waals surface area contributed by atoms with Crippen molar-refractivity contribution in [2.24, 2.45) is 0 Å². The van der Waals surface area contributed by atoms with Crippen LogP contribution in [-0.2, 0) is 4.74 Å². The number of hydrogen-bond donors (Lipinski definition) is 0. The van der Waals surface area contributed by atoms with Gasteiger partial charge in [-0.25, -0.2) is 4.79 Å². The van der Waals surface area contributed by atoms with Crippen molar-refractivity contribution in [2.75, 3.05) is 6.61 Å². The van der Waals surface area contributed by atoms with Gasteiger partial charge in [0.1, 0.15) is 17.6 Å². The van der Waals surface area contributed by atoms with Crippen LogP contribution in [0.15, 0.2) is 66.7 Å². The molecule has 6 rings (SSSR count). The fourth-order valence-corrected chi connectivity index (χ4v) is 6.57. The van der Waals surface area contributed by atoms with E-state index in [9.17, 15) is 4.79 Å². The molecule has 0 radical (unpaired) electrons. The summed E-state index contributed by atoms with van der Waals surface area (Å²) in [5.41, 5.74) is 6.21. The fourth-order valence-electron chi connectivity index (χ4n) is 5.74. The summed E-state index contributed by atoms with van der Waals surface area (Å²) in [4.78, 5) is 17.2. The fraction of sp³-hybridized carbons (Fsp3) is 0.286. The topological polar surface area (TPSA) is 53.3 Å². The minimum Gasteiger partial charge on any atom is -0.448 e. The first-order valence-corrected chi connectivity index (χ1v) is 12.4. The van der Waals surface area contributed by atoms with Crippen LogP contribution in [0.3, 0.4) is 0 Å². The summed E-state index contributed by atoms with van der Waals surface area (Å²) >= 11 is 1.54. The molecule has 1 aliphatic carbocycles. The summed E-state index contributed by atoms with van der Waals surface area (Å²) in [6.45, 7) is 0.357. The minimum atomic E-state index is -0.203. The quantitative estimate of drug-likeness (QED) is 0.451. The lowest BCUT2D eigenvalue weighted by molar-refractivity contribution is 0.0539. The number of benzene rings is 2. The molecule has 33 heavy (non-hydrogen) atoms. The predicted octanol–water partition coefficient (Wildman–Crippen LogP) is 6.58. The summed E-state index contributed by atoms with van der Waals surface area (Å²) in [7, 11) is 0. The van der Waals surface area contributed by atoms with E-state index in [4.69, 9.17) is 10.00 Å². The van der Waals surface area contributed by atoms with Crippen LogP contribution in [0.4, 0.5) is 4.79 Å². The SMILES string of the molecule is N#Cc1ccc(C2=CC3CCCC(C2)N3C(=O)OCC2c3ccccc3-c3ccccc32)s1. The number of carbonyl (C=O) groups is 1. The summed E-state index contributed by atoms with van der Waals surface area (Å²) in [5.74, 6) is 0.0765. The molecule has 5 heteroatoms. The molecule has 1 aromatic heterocycles. The second kappa shape index (κ2) is 8.20. The van der Waals surface area contributed by atoms with Crippen molar-refractivity contribution in [3.63, 3.8) is 0 Å². The van der Waals surface area contributed by atoms with Crippen molar-refractivity contribution in [3.8, 4) is 17.2 Å². The lowest BCUT2D eigenvalue weighted by Gasteiger charge is -2.44. The molecule has 2 atom stereocenters. The third-order valence-electron chi connectivity index (χ3n) is 7.22. The first kappa shape index (κ1) is 20.3. The van der Waals surface area contributed by atoms with Crippen LogP contribution >= 0.6 is 11.3 Å².